The van der Waals surface area contributed by atoms with Crippen LogP contribution >= 0.6 is 0 Å². The topological polar surface area (TPSA) is 105 Å². The van der Waals surface area contributed by atoms with E-state index in [1.165, 1.54) is 7.05 Å². The zero-order chi connectivity index (χ0) is 19.1. The summed E-state index contributed by atoms with van der Waals surface area (Å²) in [7, 11) is 3.07. The zero-order valence-corrected chi connectivity index (χ0v) is 15.9. The van der Waals surface area contributed by atoms with Crippen molar-refractivity contribution in [1.82, 2.24) is 10.6 Å². The number of hydrogen-bond donors (Lipinski definition) is 3. The second kappa shape index (κ2) is 9.01. The molecule has 2 amide bonds. The molecule has 7 heteroatoms. The van der Waals surface area contributed by atoms with E-state index in [0.717, 1.165) is 0 Å². The van der Waals surface area contributed by atoms with E-state index in [-0.39, 0.29) is 17.7 Å². The Morgan fingerprint density at radius 3 is 2.00 bits per heavy atom. The monoisotopic (exact) mass is 344 g/mol. The van der Waals surface area contributed by atoms with Crippen molar-refractivity contribution < 1.29 is 24.2 Å². The van der Waals surface area contributed by atoms with Crippen LogP contribution in [0.1, 0.15) is 47.5 Å². The van der Waals surface area contributed by atoms with Crippen molar-refractivity contribution in [1.29, 1.82) is 0 Å². The maximum Gasteiger partial charge on any atom is 0.304 e. The highest BCUT2D eigenvalue weighted by Gasteiger charge is 2.36. The minimum absolute atomic E-state index is 0.288. The molecule has 0 aromatic carbocycles. The molecule has 0 aliphatic carbocycles. The van der Waals surface area contributed by atoms with Crippen LogP contribution in [-0.4, -0.2) is 49.7 Å². The van der Waals surface area contributed by atoms with Crippen LogP contribution in [0.25, 0.3) is 0 Å². The van der Waals surface area contributed by atoms with Crippen molar-refractivity contribution >= 4 is 17.8 Å². The summed E-state index contributed by atoms with van der Waals surface area (Å²) in [6.45, 7) is 9.77. The minimum atomic E-state index is -1.05. The third kappa shape index (κ3) is 7.77. The van der Waals surface area contributed by atoms with E-state index in [1.807, 2.05) is 34.6 Å². The minimum Gasteiger partial charge on any atom is -0.481 e. The fourth-order valence-corrected chi connectivity index (χ4v) is 2.66. The van der Waals surface area contributed by atoms with Gasteiger partial charge in [0.05, 0.1) is 13.0 Å². The lowest BCUT2D eigenvalue weighted by atomic mass is 9.80. The molecule has 0 heterocycles. The van der Waals surface area contributed by atoms with Crippen LogP contribution in [0.15, 0.2) is 0 Å². The number of rotatable bonds is 9. The number of methoxy groups -OCH3 is 1. The van der Waals surface area contributed by atoms with E-state index in [2.05, 4.69) is 10.6 Å². The van der Waals surface area contributed by atoms with Crippen LogP contribution in [0.5, 0.6) is 0 Å². The summed E-state index contributed by atoms with van der Waals surface area (Å²) < 4.78 is 5.14. The first-order valence-corrected chi connectivity index (χ1v) is 8.06. The Labute approximate surface area is 144 Å². The lowest BCUT2D eigenvalue weighted by Gasteiger charge is -2.33. The second-order valence-electron chi connectivity index (χ2n) is 8.02. The lowest BCUT2D eigenvalue weighted by Crippen LogP contribution is -2.54. The summed E-state index contributed by atoms with van der Waals surface area (Å²) in [6.07, 6.45) is 0.0627. The molecule has 140 valence electrons. The van der Waals surface area contributed by atoms with E-state index in [9.17, 15) is 14.4 Å². The third-order valence-corrected chi connectivity index (χ3v) is 3.79. The van der Waals surface area contributed by atoms with Gasteiger partial charge in [0.15, 0.2) is 0 Å². The van der Waals surface area contributed by atoms with Gasteiger partial charge in [-0.05, 0) is 17.3 Å². The van der Waals surface area contributed by atoms with Crippen molar-refractivity contribution in [3.63, 3.8) is 0 Å². The molecule has 0 unspecified atom stereocenters. The van der Waals surface area contributed by atoms with E-state index >= 15 is 0 Å². The molecule has 0 aliphatic heterocycles. The SMILES string of the molecule is CNC(=O)[C@@H](NC(=O)[C@@H](CC(=O)O)CC(C)(C)COC)C(C)(C)C. The maximum absolute atomic E-state index is 12.6. The Morgan fingerprint density at radius 2 is 1.62 bits per heavy atom. The number of amides is 2. The number of carbonyl (C=O) groups excluding carboxylic acids is 2. The van der Waals surface area contributed by atoms with Crippen LogP contribution < -0.4 is 10.6 Å². The summed E-state index contributed by atoms with van der Waals surface area (Å²) in [4.78, 5) is 35.8. The molecule has 2 atom stereocenters. The van der Waals surface area contributed by atoms with Gasteiger partial charge in [0.2, 0.25) is 11.8 Å². The number of carboxylic acid groups (broad SMARTS) is 1. The summed E-state index contributed by atoms with van der Waals surface area (Å²) in [5.41, 5.74) is -0.845. The Balaban J connectivity index is 5.29. The molecule has 0 saturated carbocycles. The largest absolute Gasteiger partial charge is 0.481 e. The quantitative estimate of drug-likeness (QED) is 0.587. The average molecular weight is 344 g/mol. The molecule has 0 radical (unpaired) electrons. The average Bonchev–Trinajstić information content (AvgIpc) is 2.40. The molecule has 0 bridgehead atoms. The van der Waals surface area contributed by atoms with Crippen molar-refractivity contribution in [2.75, 3.05) is 20.8 Å². The highest BCUT2D eigenvalue weighted by molar-refractivity contribution is 5.90. The summed E-state index contributed by atoms with van der Waals surface area (Å²) in [5, 5.41) is 14.4. The molecule has 0 saturated heterocycles. The van der Waals surface area contributed by atoms with Crippen LogP contribution in [0.4, 0.5) is 0 Å². The van der Waals surface area contributed by atoms with Crippen molar-refractivity contribution in [3.8, 4) is 0 Å². The number of likely N-dealkylation sites (N-methyl/N-ethyl adjacent to an activating group) is 1. The van der Waals surface area contributed by atoms with Gasteiger partial charge >= 0.3 is 5.97 Å². The molecule has 24 heavy (non-hydrogen) atoms. The van der Waals surface area contributed by atoms with E-state index in [1.54, 1.807) is 7.11 Å². The van der Waals surface area contributed by atoms with Crippen LogP contribution in [0.2, 0.25) is 0 Å². The van der Waals surface area contributed by atoms with Gasteiger partial charge in [0.1, 0.15) is 6.04 Å². The second-order valence-corrected chi connectivity index (χ2v) is 8.02. The molecule has 7 nitrogen and oxygen atoms in total. The highest BCUT2D eigenvalue weighted by atomic mass is 16.5. The number of nitrogens with one attached hydrogen (secondary N) is 2. The van der Waals surface area contributed by atoms with Gasteiger partial charge in [-0.1, -0.05) is 34.6 Å². The van der Waals surface area contributed by atoms with Gasteiger partial charge in [0.25, 0.3) is 0 Å². The number of carbonyl (C=O) groups is 3. The Morgan fingerprint density at radius 1 is 1.08 bits per heavy atom. The van der Waals surface area contributed by atoms with Crippen LogP contribution in [-0.2, 0) is 19.1 Å². The first kappa shape index (κ1) is 22.4. The van der Waals surface area contributed by atoms with Gasteiger partial charge in [-0.15, -0.1) is 0 Å². The first-order valence-electron chi connectivity index (χ1n) is 8.06. The Hall–Kier alpha value is -1.63. The Kier molecular flexibility index (Phi) is 8.40. The molecule has 0 aromatic heterocycles. The van der Waals surface area contributed by atoms with Gasteiger partial charge in [-0.3, -0.25) is 14.4 Å². The fraction of sp³-hybridized carbons (Fsp3) is 0.824. The lowest BCUT2D eigenvalue weighted by molar-refractivity contribution is -0.142. The fourth-order valence-electron chi connectivity index (χ4n) is 2.66. The maximum atomic E-state index is 12.6. The molecular formula is C17H32N2O5. The smallest absolute Gasteiger partial charge is 0.304 e. The number of aliphatic carboxylic acids is 1. The van der Waals surface area contributed by atoms with Gasteiger partial charge in [-0.2, -0.15) is 0 Å². The van der Waals surface area contributed by atoms with Gasteiger partial charge < -0.3 is 20.5 Å². The molecule has 0 rings (SSSR count). The first-order chi connectivity index (χ1) is 10.8. The molecule has 0 spiro atoms. The standard InChI is InChI=1S/C17H32N2O5/c1-16(2,3)13(15(23)18-6)19-14(22)11(8-12(20)21)9-17(4,5)10-24-7/h11,13H,8-10H2,1-7H3,(H,18,23)(H,19,22)(H,20,21)/t11-,13+/m0/s1. The number of ether oxygens (including phenoxy) is 1. The summed E-state index contributed by atoms with van der Waals surface area (Å²) in [5.74, 6) is -2.51. The summed E-state index contributed by atoms with van der Waals surface area (Å²) in [6, 6.07) is -0.739. The van der Waals surface area contributed by atoms with Gasteiger partial charge in [-0.25, -0.2) is 0 Å². The van der Waals surface area contributed by atoms with Crippen LogP contribution in [0, 0.1) is 16.7 Å². The number of carboxylic acids is 1. The predicted molar refractivity (Wildman–Crippen MR) is 91.5 cm³/mol. The zero-order valence-electron chi connectivity index (χ0n) is 15.9. The van der Waals surface area contributed by atoms with E-state index in [0.29, 0.717) is 13.0 Å². The van der Waals surface area contributed by atoms with Crippen LogP contribution in [0.3, 0.4) is 0 Å². The van der Waals surface area contributed by atoms with E-state index in [4.69, 9.17) is 9.84 Å². The molecular weight excluding hydrogens is 312 g/mol. The van der Waals surface area contributed by atoms with Crippen molar-refractivity contribution in [3.05, 3.63) is 0 Å². The van der Waals surface area contributed by atoms with Crippen molar-refractivity contribution in [2.45, 2.75) is 53.5 Å². The molecule has 3 N–H and O–H groups in total. The van der Waals surface area contributed by atoms with Crippen molar-refractivity contribution in [2.24, 2.45) is 16.7 Å². The molecule has 0 fully saturated rings. The predicted octanol–water partition coefficient (Wildman–Crippen LogP) is 1.42. The normalized spacial score (nSPS) is 14.6. The molecule has 0 aliphatic rings. The molecule has 0 aromatic rings. The third-order valence-electron chi connectivity index (χ3n) is 3.79. The Bertz CT molecular complexity index is 454. The van der Waals surface area contributed by atoms with E-state index < -0.39 is 29.3 Å². The number of hydrogen-bond acceptors (Lipinski definition) is 4. The highest BCUT2D eigenvalue weighted by Crippen LogP contribution is 2.28. The van der Waals surface area contributed by atoms with Gasteiger partial charge in [0, 0.05) is 20.1 Å². The summed E-state index contributed by atoms with van der Waals surface area (Å²) >= 11 is 0.